The van der Waals surface area contributed by atoms with Crippen LogP contribution in [0, 0.1) is 0 Å². The van der Waals surface area contributed by atoms with Gasteiger partial charge in [-0.1, -0.05) is 0 Å². The molecule has 1 amide bonds. The van der Waals surface area contributed by atoms with Crippen molar-refractivity contribution in [3.8, 4) is 11.3 Å². The highest BCUT2D eigenvalue weighted by Gasteiger charge is 2.24. The van der Waals surface area contributed by atoms with Crippen molar-refractivity contribution < 1.29 is 4.79 Å². The van der Waals surface area contributed by atoms with Crippen LogP contribution in [0.2, 0.25) is 0 Å². The number of nitrogens with two attached hydrogens (primary N) is 1. The molecule has 4 aromatic rings. The third-order valence-electron chi connectivity index (χ3n) is 4.96. The number of carbonyl (C=O) groups excluding carboxylic acids is 1. The Morgan fingerprint density at radius 3 is 2.85 bits per heavy atom. The SMILES string of the molecule is Nc1c(C(=O)N2CCCCC2)sc2nc(-c3ccc4nccn4c3)cnc12. The highest BCUT2D eigenvalue weighted by molar-refractivity contribution is 7.21. The van der Waals surface area contributed by atoms with Crippen LogP contribution in [0.4, 0.5) is 5.69 Å². The molecule has 5 rings (SSSR count). The van der Waals surface area contributed by atoms with E-state index in [1.54, 1.807) is 12.4 Å². The van der Waals surface area contributed by atoms with E-state index in [0.29, 0.717) is 20.9 Å². The number of imidazole rings is 1. The number of rotatable bonds is 2. The van der Waals surface area contributed by atoms with Gasteiger partial charge in [0.05, 0.1) is 17.6 Å². The number of hydrogen-bond acceptors (Lipinski definition) is 6. The number of piperidine rings is 1. The second-order valence-corrected chi connectivity index (χ2v) is 7.72. The number of aromatic nitrogens is 4. The molecular formula is C19H18N6OS. The summed E-state index contributed by atoms with van der Waals surface area (Å²) in [5.41, 5.74) is 9.85. The van der Waals surface area contributed by atoms with Gasteiger partial charge < -0.3 is 15.0 Å². The molecule has 0 atom stereocenters. The normalized spacial score (nSPS) is 14.9. The second kappa shape index (κ2) is 6.31. The molecule has 2 N–H and O–H groups in total. The first-order chi connectivity index (χ1) is 13.2. The molecule has 0 spiro atoms. The van der Waals surface area contributed by atoms with Crippen molar-refractivity contribution in [1.82, 2.24) is 24.3 Å². The van der Waals surface area contributed by atoms with Crippen molar-refractivity contribution in [2.45, 2.75) is 19.3 Å². The van der Waals surface area contributed by atoms with Gasteiger partial charge in [-0.2, -0.15) is 0 Å². The number of likely N-dealkylation sites (tertiary alicyclic amines) is 1. The molecular weight excluding hydrogens is 360 g/mol. The molecule has 27 heavy (non-hydrogen) atoms. The lowest BCUT2D eigenvalue weighted by Gasteiger charge is -2.26. The fraction of sp³-hybridized carbons (Fsp3) is 0.263. The van der Waals surface area contributed by atoms with Crippen LogP contribution in [-0.2, 0) is 0 Å². The number of nitrogens with zero attached hydrogens (tertiary/aromatic N) is 5. The van der Waals surface area contributed by atoms with E-state index >= 15 is 0 Å². The van der Waals surface area contributed by atoms with Crippen molar-refractivity contribution in [2.75, 3.05) is 18.8 Å². The number of anilines is 1. The lowest BCUT2D eigenvalue weighted by Crippen LogP contribution is -2.35. The molecule has 1 aliphatic rings. The lowest BCUT2D eigenvalue weighted by molar-refractivity contribution is 0.0730. The van der Waals surface area contributed by atoms with E-state index in [2.05, 4.69) is 9.97 Å². The number of hydrogen-bond donors (Lipinski definition) is 1. The predicted octanol–water partition coefficient (Wildman–Crippen LogP) is 3.21. The molecule has 0 saturated carbocycles. The Morgan fingerprint density at radius 2 is 2.00 bits per heavy atom. The molecule has 0 radical (unpaired) electrons. The van der Waals surface area contributed by atoms with Gasteiger partial charge in [0.25, 0.3) is 5.91 Å². The molecule has 8 heteroatoms. The predicted molar refractivity (Wildman–Crippen MR) is 106 cm³/mol. The van der Waals surface area contributed by atoms with Crippen LogP contribution >= 0.6 is 11.3 Å². The van der Waals surface area contributed by atoms with Gasteiger partial charge in [0, 0.05) is 37.2 Å². The summed E-state index contributed by atoms with van der Waals surface area (Å²) in [5, 5.41) is 0. The number of pyridine rings is 1. The number of thiophene rings is 1. The molecule has 0 unspecified atom stereocenters. The highest BCUT2D eigenvalue weighted by atomic mass is 32.1. The first kappa shape index (κ1) is 16.2. The van der Waals surface area contributed by atoms with E-state index in [0.717, 1.165) is 42.8 Å². The van der Waals surface area contributed by atoms with Crippen LogP contribution in [0.1, 0.15) is 28.9 Å². The van der Waals surface area contributed by atoms with Gasteiger partial charge in [0.2, 0.25) is 0 Å². The van der Waals surface area contributed by atoms with Gasteiger partial charge in [-0.25, -0.2) is 15.0 Å². The van der Waals surface area contributed by atoms with Crippen molar-refractivity contribution in [3.63, 3.8) is 0 Å². The summed E-state index contributed by atoms with van der Waals surface area (Å²) < 4.78 is 1.94. The monoisotopic (exact) mass is 378 g/mol. The van der Waals surface area contributed by atoms with Gasteiger partial charge in [0.1, 0.15) is 20.9 Å². The van der Waals surface area contributed by atoms with E-state index in [1.165, 1.54) is 17.8 Å². The number of nitrogen functional groups attached to an aromatic ring is 1. The molecule has 0 aromatic carbocycles. The zero-order valence-electron chi connectivity index (χ0n) is 14.6. The van der Waals surface area contributed by atoms with Gasteiger partial charge >= 0.3 is 0 Å². The maximum Gasteiger partial charge on any atom is 0.266 e. The van der Waals surface area contributed by atoms with Crippen molar-refractivity contribution >= 4 is 38.9 Å². The largest absolute Gasteiger partial charge is 0.396 e. The van der Waals surface area contributed by atoms with Gasteiger partial charge in [-0.15, -0.1) is 11.3 Å². The Morgan fingerprint density at radius 1 is 1.15 bits per heavy atom. The highest BCUT2D eigenvalue weighted by Crippen LogP contribution is 2.33. The zero-order valence-corrected chi connectivity index (χ0v) is 15.4. The Kier molecular flexibility index (Phi) is 3.78. The maximum absolute atomic E-state index is 12.9. The minimum Gasteiger partial charge on any atom is -0.396 e. The molecule has 1 saturated heterocycles. The quantitative estimate of drug-likeness (QED) is 0.578. The smallest absolute Gasteiger partial charge is 0.266 e. The average molecular weight is 378 g/mol. The van der Waals surface area contributed by atoms with Gasteiger partial charge in [0.15, 0.2) is 0 Å². The summed E-state index contributed by atoms with van der Waals surface area (Å²) in [6.45, 7) is 1.59. The van der Waals surface area contributed by atoms with E-state index in [1.807, 2.05) is 33.8 Å². The van der Waals surface area contributed by atoms with Crippen LogP contribution in [0.15, 0.2) is 36.9 Å². The molecule has 0 bridgehead atoms. The van der Waals surface area contributed by atoms with E-state index in [9.17, 15) is 4.79 Å². The van der Waals surface area contributed by atoms with Crippen molar-refractivity contribution in [1.29, 1.82) is 0 Å². The zero-order chi connectivity index (χ0) is 18.4. The molecule has 4 aromatic heterocycles. The first-order valence-corrected chi connectivity index (χ1v) is 9.80. The summed E-state index contributed by atoms with van der Waals surface area (Å²) in [6.07, 6.45) is 10.6. The fourth-order valence-electron chi connectivity index (χ4n) is 3.50. The molecule has 136 valence electrons. The molecule has 1 fully saturated rings. The Bertz CT molecular complexity index is 1160. The summed E-state index contributed by atoms with van der Waals surface area (Å²) in [6, 6.07) is 3.91. The van der Waals surface area contributed by atoms with Crippen molar-refractivity contribution in [2.24, 2.45) is 0 Å². The summed E-state index contributed by atoms with van der Waals surface area (Å²) in [4.78, 5) is 29.5. The van der Waals surface area contributed by atoms with E-state index in [-0.39, 0.29) is 5.91 Å². The van der Waals surface area contributed by atoms with Crippen LogP contribution in [0.5, 0.6) is 0 Å². The average Bonchev–Trinajstić information content (AvgIpc) is 3.31. The third-order valence-corrected chi connectivity index (χ3v) is 6.04. The summed E-state index contributed by atoms with van der Waals surface area (Å²) in [5.74, 6) is -0.00150. The Balaban J connectivity index is 1.54. The number of fused-ring (bicyclic) bond motifs is 2. The van der Waals surface area contributed by atoms with E-state index in [4.69, 9.17) is 10.7 Å². The summed E-state index contributed by atoms with van der Waals surface area (Å²) in [7, 11) is 0. The Hall–Kier alpha value is -3.00. The molecule has 1 aliphatic heterocycles. The summed E-state index contributed by atoms with van der Waals surface area (Å²) >= 11 is 1.33. The first-order valence-electron chi connectivity index (χ1n) is 8.98. The minimum atomic E-state index is -0.00150. The van der Waals surface area contributed by atoms with E-state index < -0.39 is 0 Å². The standard InChI is InChI=1S/C19H18N6OS/c20-15-16-18(27-17(15)19(26)24-7-2-1-3-8-24)23-13(10-22-16)12-4-5-14-21-6-9-25(14)11-12/h4-6,9-11H,1-3,7-8,20H2. The van der Waals surface area contributed by atoms with Crippen molar-refractivity contribution in [3.05, 3.63) is 41.8 Å². The van der Waals surface area contributed by atoms with Crippen LogP contribution < -0.4 is 5.73 Å². The third kappa shape index (κ3) is 2.73. The number of carbonyl (C=O) groups is 1. The maximum atomic E-state index is 12.9. The lowest BCUT2D eigenvalue weighted by atomic mass is 10.1. The minimum absolute atomic E-state index is 0.00150. The topological polar surface area (TPSA) is 89.4 Å². The van der Waals surface area contributed by atoms with Crippen LogP contribution in [0.25, 0.3) is 27.3 Å². The molecule has 5 heterocycles. The fourth-order valence-corrected chi connectivity index (χ4v) is 4.52. The molecule has 7 nitrogen and oxygen atoms in total. The van der Waals surface area contributed by atoms with Gasteiger partial charge in [-0.05, 0) is 31.4 Å². The van der Waals surface area contributed by atoms with Crippen LogP contribution in [0.3, 0.4) is 0 Å². The van der Waals surface area contributed by atoms with Gasteiger partial charge in [-0.3, -0.25) is 4.79 Å². The molecule has 0 aliphatic carbocycles. The Labute approximate surface area is 159 Å². The van der Waals surface area contributed by atoms with Crippen LogP contribution in [-0.4, -0.2) is 43.2 Å². The number of amides is 1. The second-order valence-electron chi connectivity index (χ2n) is 6.72.